The van der Waals surface area contributed by atoms with Gasteiger partial charge in [0.05, 0.1) is 6.21 Å². The normalized spacial score (nSPS) is 10.5. The van der Waals surface area contributed by atoms with E-state index < -0.39 is 11.8 Å². The molecule has 0 aliphatic rings. The van der Waals surface area contributed by atoms with E-state index in [2.05, 4.69) is 37.1 Å². The topological polar surface area (TPSA) is 109 Å². The van der Waals surface area contributed by atoms with Crippen molar-refractivity contribution < 1.29 is 19.1 Å². The maximum Gasteiger partial charge on any atom is 0.329 e. The van der Waals surface area contributed by atoms with E-state index in [1.165, 1.54) is 6.21 Å². The molecule has 2 aromatic rings. The molecule has 2 rings (SSSR count). The van der Waals surface area contributed by atoms with Crippen molar-refractivity contribution in [2.45, 2.75) is 26.7 Å². The molecular formula is C22H25BrN4O4. The van der Waals surface area contributed by atoms with Crippen LogP contribution < -0.4 is 20.8 Å². The van der Waals surface area contributed by atoms with Gasteiger partial charge in [-0.1, -0.05) is 41.4 Å². The summed E-state index contributed by atoms with van der Waals surface area (Å²) in [5, 5.41) is 9.10. The number of rotatable bonds is 9. The maximum absolute atomic E-state index is 12.2. The van der Waals surface area contributed by atoms with Crippen LogP contribution in [0.3, 0.4) is 0 Å². The van der Waals surface area contributed by atoms with Crippen LogP contribution >= 0.6 is 15.9 Å². The monoisotopic (exact) mass is 488 g/mol. The molecule has 8 nitrogen and oxygen atoms in total. The van der Waals surface area contributed by atoms with Gasteiger partial charge in [0.25, 0.3) is 5.91 Å². The Balaban J connectivity index is 1.89. The molecule has 164 valence electrons. The number of hydrogen-bond acceptors (Lipinski definition) is 5. The quantitative estimate of drug-likeness (QED) is 0.218. The zero-order chi connectivity index (χ0) is 22.6. The molecule has 0 saturated heterocycles. The van der Waals surface area contributed by atoms with E-state index in [1.54, 1.807) is 30.3 Å². The van der Waals surface area contributed by atoms with Crippen LogP contribution in [0.5, 0.6) is 5.75 Å². The third kappa shape index (κ3) is 8.21. The molecule has 0 radical (unpaired) electrons. The summed E-state index contributed by atoms with van der Waals surface area (Å²) in [6.45, 7) is 4.12. The number of carbonyl (C=O) groups is 3. The van der Waals surface area contributed by atoms with Gasteiger partial charge in [-0.2, -0.15) is 5.10 Å². The van der Waals surface area contributed by atoms with Gasteiger partial charge >= 0.3 is 11.8 Å². The van der Waals surface area contributed by atoms with Gasteiger partial charge in [-0.25, -0.2) is 5.43 Å². The third-order valence-corrected chi connectivity index (χ3v) is 4.63. The van der Waals surface area contributed by atoms with Crippen molar-refractivity contribution in [3.63, 3.8) is 0 Å². The first-order valence-electron chi connectivity index (χ1n) is 9.79. The first-order valence-corrected chi connectivity index (χ1v) is 10.6. The Labute approximate surface area is 189 Å². The van der Waals surface area contributed by atoms with Crippen molar-refractivity contribution in [2.24, 2.45) is 5.10 Å². The van der Waals surface area contributed by atoms with Crippen LogP contribution in [-0.2, 0) is 14.4 Å². The smallest absolute Gasteiger partial charge is 0.329 e. The van der Waals surface area contributed by atoms with Crippen molar-refractivity contribution in [3.8, 4) is 5.75 Å². The molecule has 0 fully saturated rings. The summed E-state index contributed by atoms with van der Waals surface area (Å²) in [7, 11) is 0. The molecule has 3 N–H and O–H groups in total. The number of anilines is 1. The van der Waals surface area contributed by atoms with E-state index in [0.717, 1.165) is 22.9 Å². The minimum atomic E-state index is -0.852. The van der Waals surface area contributed by atoms with Crippen molar-refractivity contribution in [2.75, 3.05) is 18.5 Å². The fraction of sp³-hybridized carbons (Fsp3) is 0.273. The Hall–Kier alpha value is -3.20. The highest BCUT2D eigenvalue weighted by Gasteiger charge is 2.12. The molecule has 0 heterocycles. The number of amides is 3. The van der Waals surface area contributed by atoms with Crippen molar-refractivity contribution in [1.29, 1.82) is 0 Å². The van der Waals surface area contributed by atoms with Crippen LogP contribution in [0.4, 0.5) is 5.69 Å². The van der Waals surface area contributed by atoms with Gasteiger partial charge in [0.2, 0.25) is 0 Å². The van der Waals surface area contributed by atoms with Crippen LogP contribution in [0, 0.1) is 6.92 Å². The van der Waals surface area contributed by atoms with Crippen LogP contribution in [0.2, 0.25) is 0 Å². The highest BCUT2D eigenvalue weighted by molar-refractivity contribution is 9.10. The molecule has 31 heavy (non-hydrogen) atoms. The van der Waals surface area contributed by atoms with Crippen molar-refractivity contribution in [3.05, 3.63) is 58.1 Å². The third-order valence-electron chi connectivity index (χ3n) is 4.13. The van der Waals surface area contributed by atoms with Crippen LogP contribution in [-0.4, -0.2) is 37.1 Å². The number of nitrogens with one attached hydrogen (secondary N) is 3. The highest BCUT2D eigenvalue weighted by Crippen LogP contribution is 2.20. The lowest BCUT2D eigenvalue weighted by atomic mass is 10.2. The van der Waals surface area contributed by atoms with E-state index in [9.17, 15) is 14.4 Å². The van der Waals surface area contributed by atoms with Gasteiger partial charge in [-0.3, -0.25) is 14.4 Å². The second-order valence-electron chi connectivity index (χ2n) is 6.64. The van der Waals surface area contributed by atoms with E-state index in [4.69, 9.17) is 4.74 Å². The fourth-order valence-corrected chi connectivity index (χ4v) is 2.96. The first-order chi connectivity index (χ1) is 14.9. The summed E-state index contributed by atoms with van der Waals surface area (Å²) >= 11 is 3.38. The number of hydrazone groups is 1. The summed E-state index contributed by atoms with van der Waals surface area (Å²) in [5.74, 6) is -1.49. The lowest BCUT2D eigenvalue weighted by molar-refractivity contribution is -0.139. The molecule has 0 spiro atoms. The molecule has 0 saturated carbocycles. The number of unbranched alkanes of at least 4 members (excludes halogenated alkanes) is 1. The van der Waals surface area contributed by atoms with Crippen LogP contribution in [0.15, 0.2) is 52.0 Å². The van der Waals surface area contributed by atoms with E-state index in [0.29, 0.717) is 23.5 Å². The van der Waals surface area contributed by atoms with Crippen molar-refractivity contribution in [1.82, 2.24) is 10.7 Å². The standard InChI is InChI=1S/C22H25BrN4O4/c1-3-4-11-24-21(29)22(30)27-25-13-16-7-5-6-8-19(16)31-14-20(28)26-18-10-9-17(23)12-15(18)2/h5-10,12-13H,3-4,11,14H2,1-2H3,(H,24,29)(H,26,28)(H,27,30)/b25-13-. The molecule has 0 bridgehead atoms. The molecule has 0 aliphatic carbocycles. The molecule has 9 heteroatoms. The maximum atomic E-state index is 12.2. The van der Waals surface area contributed by atoms with Crippen LogP contribution in [0.1, 0.15) is 30.9 Å². The van der Waals surface area contributed by atoms with Gasteiger partial charge < -0.3 is 15.4 Å². The molecule has 0 atom stereocenters. The van der Waals surface area contributed by atoms with E-state index in [1.807, 2.05) is 26.0 Å². The minimum Gasteiger partial charge on any atom is -0.483 e. The fourth-order valence-electron chi connectivity index (χ4n) is 2.49. The van der Waals surface area contributed by atoms with Gasteiger partial charge in [0.15, 0.2) is 6.61 Å². The Morgan fingerprint density at radius 2 is 1.90 bits per heavy atom. The molecule has 2 aromatic carbocycles. The lowest BCUT2D eigenvalue weighted by Crippen LogP contribution is -2.38. The Morgan fingerprint density at radius 3 is 2.65 bits per heavy atom. The molecule has 0 unspecified atom stereocenters. The Kier molecular flexibility index (Phi) is 9.70. The summed E-state index contributed by atoms with van der Waals surface area (Å²) in [5.41, 5.74) is 4.34. The predicted molar refractivity (Wildman–Crippen MR) is 123 cm³/mol. The number of hydrogen-bond donors (Lipinski definition) is 3. The SMILES string of the molecule is CCCCNC(=O)C(=O)N/N=C\c1ccccc1OCC(=O)Nc1ccc(Br)cc1C. The summed E-state index contributed by atoms with van der Waals surface area (Å²) in [6, 6.07) is 12.5. The Bertz CT molecular complexity index is 962. The van der Waals surface area contributed by atoms with Gasteiger partial charge in [0, 0.05) is 22.3 Å². The average Bonchev–Trinajstić information content (AvgIpc) is 2.75. The predicted octanol–water partition coefficient (Wildman–Crippen LogP) is 3.14. The molecule has 3 amide bonds. The summed E-state index contributed by atoms with van der Waals surface area (Å²) in [6.07, 6.45) is 3.06. The number of ether oxygens (including phenoxy) is 1. The molecular weight excluding hydrogens is 464 g/mol. The Morgan fingerprint density at radius 1 is 1.13 bits per heavy atom. The number of benzene rings is 2. The summed E-state index contributed by atoms with van der Waals surface area (Å²) in [4.78, 5) is 35.6. The molecule has 0 aromatic heterocycles. The number of halogens is 1. The van der Waals surface area contributed by atoms with E-state index in [-0.39, 0.29) is 12.5 Å². The number of para-hydroxylation sites is 1. The second-order valence-corrected chi connectivity index (χ2v) is 7.56. The van der Waals surface area contributed by atoms with Gasteiger partial charge in [-0.05, 0) is 49.2 Å². The number of carbonyl (C=O) groups excluding carboxylic acids is 3. The second kappa shape index (κ2) is 12.5. The van der Waals surface area contributed by atoms with Crippen LogP contribution in [0.25, 0.3) is 0 Å². The first kappa shape index (κ1) is 24.1. The summed E-state index contributed by atoms with van der Waals surface area (Å²) < 4.78 is 6.53. The number of nitrogens with zero attached hydrogens (tertiary/aromatic N) is 1. The minimum absolute atomic E-state index is 0.202. The zero-order valence-electron chi connectivity index (χ0n) is 17.4. The number of aryl methyl sites for hydroxylation is 1. The zero-order valence-corrected chi connectivity index (χ0v) is 19.0. The van der Waals surface area contributed by atoms with Crippen molar-refractivity contribution >= 4 is 45.6 Å². The van der Waals surface area contributed by atoms with Gasteiger partial charge in [0.1, 0.15) is 5.75 Å². The largest absolute Gasteiger partial charge is 0.483 e. The van der Waals surface area contributed by atoms with Gasteiger partial charge in [-0.15, -0.1) is 0 Å². The lowest BCUT2D eigenvalue weighted by Gasteiger charge is -2.11. The highest BCUT2D eigenvalue weighted by atomic mass is 79.9. The molecule has 0 aliphatic heterocycles. The average molecular weight is 489 g/mol. The van der Waals surface area contributed by atoms with E-state index >= 15 is 0 Å².